The third kappa shape index (κ3) is 7.73. The van der Waals surface area contributed by atoms with Crippen molar-refractivity contribution in [3.05, 3.63) is 35.6 Å². The fraction of sp³-hybridized carbons (Fsp3) is 0.500. The maximum absolute atomic E-state index is 13.0. The van der Waals surface area contributed by atoms with E-state index in [9.17, 15) is 19.1 Å². The van der Waals surface area contributed by atoms with E-state index in [1.165, 1.54) is 18.2 Å². The fourth-order valence-electron chi connectivity index (χ4n) is 2.09. The molecule has 0 aromatic heterocycles. The van der Waals surface area contributed by atoms with Crippen LogP contribution in [0.1, 0.15) is 25.8 Å². The summed E-state index contributed by atoms with van der Waals surface area (Å²) in [6.45, 7) is 3.96. The molecular formula is C16H23FN2O3. The molecule has 1 aromatic rings. The molecule has 0 aliphatic carbocycles. The van der Waals surface area contributed by atoms with Crippen LogP contribution >= 0.6 is 0 Å². The predicted octanol–water partition coefficient (Wildman–Crippen LogP) is 1.01. The molecule has 0 bridgehead atoms. The van der Waals surface area contributed by atoms with Crippen molar-refractivity contribution in [1.29, 1.82) is 0 Å². The van der Waals surface area contributed by atoms with E-state index < -0.39 is 11.9 Å². The minimum absolute atomic E-state index is 0.0312. The molecule has 2 amide bonds. The molecule has 0 saturated heterocycles. The first kappa shape index (κ1) is 18.1. The van der Waals surface area contributed by atoms with Crippen LogP contribution in [0.3, 0.4) is 0 Å². The summed E-state index contributed by atoms with van der Waals surface area (Å²) >= 11 is 0. The number of hydrogen-bond acceptors (Lipinski definition) is 3. The van der Waals surface area contributed by atoms with E-state index in [1.54, 1.807) is 13.0 Å². The van der Waals surface area contributed by atoms with Crippen LogP contribution in [0.15, 0.2) is 24.3 Å². The Bertz CT molecular complexity index is 506. The quantitative estimate of drug-likeness (QED) is 0.670. The number of carbonyl (C=O) groups excluding carboxylic acids is 2. The van der Waals surface area contributed by atoms with Crippen LogP contribution in [0.4, 0.5) is 4.39 Å². The Balaban J connectivity index is 2.24. The lowest BCUT2D eigenvalue weighted by molar-refractivity contribution is -0.125. The van der Waals surface area contributed by atoms with E-state index in [0.29, 0.717) is 18.5 Å². The molecule has 0 saturated carbocycles. The maximum atomic E-state index is 13.0. The molecule has 0 aliphatic heterocycles. The lowest BCUT2D eigenvalue weighted by Crippen LogP contribution is -2.39. The average Bonchev–Trinajstić information content (AvgIpc) is 2.42. The normalized spacial score (nSPS) is 13.3. The van der Waals surface area contributed by atoms with Gasteiger partial charge in [0, 0.05) is 6.54 Å². The zero-order valence-electron chi connectivity index (χ0n) is 12.9. The van der Waals surface area contributed by atoms with Crippen molar-refractivity contribution in [3.8, 4) is 0 Å². The molecule has 1 aromatic carbocycles. The zero-order valence-corrected chi connectivity index (χ0v) is 12.9. The van der Waals surface area contributed by atoms with Gasteiger partial charge in [-0.15, -0.1) is 0 Å². The van der Waals surface area contributed by atoms with Gasteiger partial charge < -0.3 is 15.7 Å². The maximum Gasteiger partial charge on any atom is 0.239 e. The van der Waals surface area contributed by atoms with Crippen molar-refractivity contribution in [2.45, 2.75) is 32.8 Å². The predicted molar refractivity (Wildman–Crippen MR) is 81.6 cm³/mol. The molecule has 0 radical (unpaired) electrons. The second-order valence-electron chi connectivity index (χ2n) is 5.58. The van der Waals surface area contributed by atoms with Crippen LogP contribution in [0.5, 0.6) is 0 Å². The van der Waals surface area contributed by atoms with Gasteiger partial charge in [0.2, 0.25) is 11.8 Å². The monoisotopic (exact) mass is 310 g/mol. The molecule has 6 heteroatoms. The number of amides is 2. The zero-order chi connectivity index (χ0) is 16.5. The van der Waals surface area contributed by atoms with Crippen molar-refractivity contribution >= 4 is 11.8 Å². The number of aliphatic hydroxyl groups excluding tert-OH is 1. The van der Waals surface area contributed by atoms with E-state index in [2.05, 4.69) is 10.6 Å². The molecular weight excluding hydrogens is 287 g/mol. The summed E-state index contributed by atoms with van der Waals surface area (Å²) in [5.41, 5.74) is 0.559. The van der Waals surface area contributed by atoms with Gasteiger partial charge >= 0.3 is 0 Å². The number of aliphatic hydroxyl groups is 1. The standard InChI is InChI=1S/C16H23FN2O3/c1-11(6-12(2)20)9-18-16(22)10-19-15(21)8-13-4-3-5-14(17)7-13/h3-5,7,11-12,20H,6,8-10H2,1-2H3,(H,18,22)(H,19,21). The smallest absolute Gasteiger partial charge is 0.239 e. The number of benzene rings is 1. The molecule has 0 aliphatic rings. The third-order valence-electron chi connectivity index (χ3n) is 3.09. The summed E-state index contributed by atoms with van der Waals surface area (Å²) in [5, 5.41) is 14.4. The second-order valence-corrected chi connectivity index (χ2v) is 5.58. The highest BCUT2D eigenvalue weighted by Crippen LogP contribution is 2.04. The lowest BCUT2D eigenvalue weighted by Gasteiger charge is -2.14. The van der Waals surface area contributed by atoms with Gasteiger partial charge in [0.05, 0.1) is 19.1 Å². The fourth-order valence-corrected chi connectivity index (χ4v) is 2.09. The Labute approximate surface area is 129 Å². The van der Waals surface area contributed by atoms with E-state index in [4.69, 9.17) is 0 Å². The summed E-state index contributed by atoms with van der Waals surface area (Å²) in [4.78, 5) is 23.3. The average molecular weight is 310 g/mol. The van der Waals surface area contributed by atoms with E-state index in [-0.39, 0.29) is 30.7 Å². The summed E-state index contributed by atoms with van der Waals surface area (Å²) in [6, 6.07) is 5.79. The molecule has 0 spiro atoms. The topological polar surface area (TPSA) is 78.4 Å². The first-order chi connectivity index (χ1) is 10.4. The van der Waals surface area contributed by atoms with E-state index in [0.717, 1.165) is 0 Å². The highest BCUT2D eigenvalue weighted by molar-refractivity contribution is 5.85. The highest BCUT2D eigenvalue weighted by atomic mass is 19.1. The van der Waals surface area contributed by atoms with Gasteiger partial charge in [-0.2, -0.15) is 0 Å². The first-order valence-corrected chi connectivity index (χ1v) is 7.32. The summed E-state index contributed by atoms with van der Waals surface area (Å²) in [6.07, 6.45) is 0.230. The molecule has 5 nitrogen and oxygen atoms in total. The molecule has 122 valence electrons. The van der Waals surface area contributed by atoms with Gasteiger partial charge in [-0.25, -0.2) is 4.39 Å². The summed E-state index contributed by atoms with van der Waals surface area (Å²) in [5.74, 6) is -0.857. The number of rotatable bonds is 8. The van der Waals surface area contributed by atoms with Crippen LogP contribution in [0.25, 0.3) is 0 Å². The number of halogens is 1. The van der Waals surface area contributed by atoms with Gasteiger partial charge in [-0.3, -0.25) is 9.59 Å². The van der Waals surface area contributed by atoms with Gasteiger partial charge in [-0.05, 0) is 37.0 Å². The molecule has 0 heterocycles. The van der Waals surface area contributed by atoms with Crippen molar-refractivity contribution < 1.29 is 19.1 Å². The van der Waals surface area contributed by atoms with Gasteiger partial charge in [0.1, 0.15) is 5.82 Å². The minimum atomic E-state index is -0.405. The van der Waals surface area contributed by atoms with Crippen molar-refractivity contribution in [2.24, 2.45) is 5.92 Å². The summed E-state index contributed by atoms with van der Waals surface area (Å²) < 4.78 is 13.0. The number of carbonyl (C=O) groups is 2. The highest BCUT2D eigenvalue weighted by Gasteiger charge is 2.10. The Morgan fingerprint density at radius 3 is 2.59 bits per heavy atom. The van der Waals surface area contributed by atoms with Crippen LogP contribution in [0, 0.1) is 11.7 Å². The Morgan fingerprint density at radius 1 is 1.23 bits per heavy atom. The van der Waals surface area contributed by atoms with Gasteiger partial charge in [0.25, 0.3) is 0 Å². The van der Waals surface area contributed by atoms with E-state index >= 15 is 0 Å². The second kappa shape index (κ2) is 9.15. The Morgan fingerprint density at radius 2 is 1.95 bits per heavy atom. The third-order valence-corrected chi connectivity index (χ3v) is 3.09. The minimum Gasteiger partial charge on any atom is -0.393 e. The number of nitrogens with one attached hydrogen (secondary N) is 2. The van der Waals surface area contributed by atoms with Crippen molar-refractivity contribution in [2.75, 3.05) is 13.1 Å². The molecule has 2 atom stereocenters. The molecule has 3 N–H and O–H groups in total. The van der Waals surface area contributed by atoms with Gasteiger partial charge in [-0.1, -0.05) is 19.1 Å². The first-order valence-electron chi connectivity index (χ1n) is 7.32. The lowest BCUT2D eigenvalue weighted by atomic mass is 10.0. The summed E-state index contributed by atoms with van der Waals surface area (Å²) in [7, 11) is 0. The molecule has 22 heavy (non-hydrogen) atoms. The molecule has 2 unspecified atom stereocenters. The van der Waals surface area contributed by atoms with Crippen LogP contribution in [-0.2, 0) is 16.0 Å². The van der Waals surface area contributed by atoms with Crippen LogP contribution in [0.2, 0.25) is 0 Å². The number of hydrogen-bond donors (Lipinski definition) is 3. The van der Waals surface area contributed by atoms with E-state index in [1.807, 2.05) is 6.92 Å². The molecule has 1 rings (SSSR count). The Hall–Kier alpha value is -1.95. The Kier molecular flexibility index (Phi) is 7.52. The molecule has 0 fully saturated rings. The van der Waals surface area contributed by atoms with Crippen molar-refractivity contribution in [1.82, 2.24) is 10.6 Å². The van der Waals surface area contributed by atoms with Crippen molar-refractivity contribution in [3.63, 3.8) is 0 Å². The van der Waals surface area contributed by atoms with Crippen LogP contribution in [-0.4, -0.2) is 36.1 Å². The largest absolute Gasteiger partial charge is 0.393 e. The van der Waals surface area contributed by atoms with Gasteiger partial charge in [0.15, 0.2) is 0 Å². The SMILES string of the molecule is CC(O)CC(C)CNC(=O)CNC(=O)Cc1cccc(F)c1. The van der Waals surface area contributed by atoms with Crippen LogP contribution < -0.4 is 10.6 Å².